The highest BCUT2D eigenvalue weighted by Gasteiger charge is 2.28. The van der Waals surface area contributed by atoms with Gasteiger partial charge in [0.05, 0.1) is 0 Å². The summed E-state index contributed by atoms with van der Waals surface area (Å²) in [4.78, 5) is 2.63. The number of nitrogens with zero attached hydrogens (tertiary/aromatic N) is 1. The lowest BCUT2D eigenvalue weighted by atomic mass is 9.93. The number of rotatable bonds is 6. The van der Waals surface area contributed by atoms with Gasteiger partial charge in [0, 0.05) is 12.6 Å². The van der Waals surface area contributed by atoms with Gasteiger partial charge < -0.3 is 10.2 Å². The van der Waals surface area contributed by atoms with Gasteiger partial charge in [0.2, 0.25) is 0 Å². The molecule has 1 N–H and O–H groups in total. The Morgan fingerprint density at radius 2 is 2.13 bits per heavy atom. The van der Waals surface area contributed by atoms with Crippen LogP contribution in [0, 0.1) is 5.41 Å². The number of hydrogen-bond acceptors (Lipinski definition) is 2. The van der Waals surface area contributed by atoms with Crippen LogP contribution in [0.25, 0.3) is 0 Å². The van der Waals surface area contributed by atoms with E-state index in [-0.39, 0.29) is 0 Å². The van der Waals surface area contributed by atoms with Crippen molar-refractivity contribution in [2.24, 2.45) is 5.41 Å². The topological polar surface area (TPSA) is 15.3 Å². The molecule has 90 valence electrons. The first-order chi connectivity index (χ1) is 7.07. The predicted molar refractivity (Wildman–Crippen MR) is 67.2 cm³/mol. The van der Waals surface area contributed by atoms with Crippen molar-refractivity contribution in [1.82, 2.24) is 10.2 Å². The van der Waals surface area contributed by atoms with E-state index in [1.165, 1.54) is 45.3 Å². The third-order valence-electron chi connectivity index (χ3n) is 3.68. The quantitative estimate of drug-likeness (QED) is 0.728. The Balaban J connectivity index is 2.11. The average molecular weight is 212 g/mol. The van der Waals surface area contributed by atoms with Gasteiger partial charge in [0.25, 0.3) is 0 Å². The van der Waals surface area contributed by atoms with Gasteiger partial charge in [0.15, 0.2) is 0 Å². The van der Waals surface area contributed by atoms with Crippen LogP contribution in [0.5, 0.6) is 0 Å². The monoisotopic (exact) mass is 212 g/mol. The number of likely N-dealkylation sites (tertiary alicyclic amines) is 1. The highest BCUT2D eigenvalue weighted by atomic mass is 15.1. The van der Waals surface area contributed by atoms with E-state index in [1.807, 2.05) is 0 Å². The Labute approximate surface area is 95.4 Å². The van der Waals surface area contributed by atoms with Crippen LogP contribution in [-0.2, 0) is 0 Å². The molecule has 0 radical (unpaired) electrons. The summed E-state index contributed by atoms with van der Waals surface area (Å²) in [6.45, 7) is 10.9. The first-order valence-corrected chi connectivity index (χ1v) is 6.47. The summed E-state index contributed by atoms with van der Waals surface area (Å²) in [5.41, 5.74) is 0.563. The smallest absolute Gasteiger partial charge is 0.00619 e. The molecule has 0 bridgehead atoms. The van der Waals surface area contributed by atoms with Crippen LogP contribution in [0.1, 0.15) is 46.5 Å². The number of nitrogens with one attached hydrogen (secondary N) is 1. The Bertz CT molecular complexity index is 173. The van der Waals surface area contributed by atoms with E-state index in [0.29, 0.717) is 5.41 Å². The van der Waals surface area contributed by atoms with Gasteiger partial charge in [-0.05, 0) is 51.2 Å². The molecule has 1 saturated heterocycles. The van der Waals surface area contributed by atoms with Crippen LogP contribution in [0.4, 0.5) is 0 Å². The molecule has 1 unspecified atom stereocenters. The van der Waals surface area contributed by atoms with Crippen molar-refractivity contribution in [2.75, 3.05) is 26.7 Å². The number of hydrogen-bond donors (Lipinski definition) is 1. The van der Waals surface area contributed by atoms with Crippen LogP contribution < -0.4 is 5.32 Å². The maximum Gasteiger partial charge on any atom is 0.00619 e. The molecule has 2 heteroatoms. The molecule has 2 nitrogen and oxygen atoms in total. The zero-order valence-electron chi connectivity index (χ0n) is 11.0. The lowest BCUT2D eigenvalue weighted by Gasteiger charge is -2.20. The fourth-order valence-electron chi connectivity index (χ4n) is 2.53. The summed E-state index contributed by atoms with van der Waals surface area (Å²) < 4.78 is 0. The molecule has 1 aliphatic heterocycles. The maximum absolute atomic E-state index is 3.37. The van der Waals surface area contributed by atoms with E-state index < -0.39 is 0 Å². The minimum atomic E-state index is 0.563. The van der Waals surface area contributed by atoms with Gasteiger partial charge in [-0.1, -0.05) is 20.8 Å². The van der Waals surface area contributed by atoms with Crippen LogP contribution in [0.15, 0.2) is 0 Å². The van der Waals surface area contributed by atoms with Crippen molar-refractivity contribution in [3.63, 3.8) is 0 Å². The fraction of sp³-hybridized carbons (Fsp3) is 1.00. The second-order valence-electron chi connectivity index (χ2n) is 5.73. The Hall–Kier alpha value is -0.0800. The highest BCUT2D eigenvalue weighted by molar-refractivity contribution is 4.82. The van der Waals surface area contributed by atoms with Gasteiger partial charge in [0.1, 0.15) is 0 Å². The third kappa shape index (κ3) is 4.52. The molecular formula is C13H28N2. The molecular weight excluding hydrogens is 184 g/mol. The molecule has 0 amide bonds. The second kappa shape index (κ2) is 5.86. The summed E-state index contributed by atoms with van der Waals surface area (Å²) in [6.07, 6.45) is 5.29. The first kappa shape index (κ1) is 13.0. The first-order valence-electron chi connectivity index (χ1n) is 6.47. The lowest BCUT2D eigenvalue weighted by Crippen LogP contribution is -2.28. The van der Waals surface area contributed by atoms with Crippen LogP contribution in [0.2, 0.25) is 0 Å². The minimum absolute atomic E-state index is 0.563. The van der Waals surface area contributed by atoms with Gasteiger partial charge in [-0.3, -0.25) is 0 Å². The van der Waals surface area contributed by atoms with Crippen molar-refractivity contribution in [1.29, 1.82) is 0 Å². The maximum atomic E-state index is 3.37. The molecule has 0 aromatic rings. The standard InChI is InChI=1S/C13H28N2/c1-5-12(14-4)7-6-9-15-10-8-13(2,3)11-15/h12,14H,5-11H2,1-4H3. The molecule has 0 spiro atoms. The van der Waals surface area contributed by atoms with Crippen molar-refractivity contribution in [3.8, 4) is 0 Å². The van der Waals surface area contributed by atoms with E-state index >= 15 is 0 Å². The van der Waals surface area contributed by atoms with Crippen molar-refractivity contribution < 1.29 is 0 Å². The Morgan fingerprint density at radius 3 is 2.60 bits per heavy atom. The normalized spacial score (nSPS) is 23.2. The fourth-order valence-corrected chi connectivity index (χ4v) is 2.53. The molecule has 1 heterocycles. The van der Waals surface area contributed by atoms with E-state index in [0.717, 1.165) is 6.04 Å². The summed E-state index contributed by atoms with van der Waals surface area (Å²) in [7, 11) is 2.08. The second-order valence-corrected chi connectivity index (χ2v) is 5.73. The molecule has 1 rings (SSSR count). The van der Waals surface area contributed by atoms with Crippen LogP contribution in [-0.4, -0.2) is 37.6 Å². The molecule has 1 aliphatic rings. The molecule has 0 saturated carbocycles. The van der Waals surface area contributed by atoms with Crippen molar-refractivity contribution in [2.45, 2.75) is 52.5 Å². The third-order valence-corrected chi connectivity index (χ3v) is 3.68. The van der Waals surface area contributed by atoms with E-state index in [1.54, 1.807) is 0 Å². The molecule has 0 aromatic heterocycles. The minimum Gasteiger partial charge on any atom is -0.317 e. The zero-order valence-corrected chi connectivity index (χ0v) is 11.0. The predicted octanol–water partition coefficient (Wildman–Crippen LogP) is 2.50. The highest BCUT2D eigenvalue weighted by Crippen LogP contribution is 2.28. The molecule has 0 aliphatic carbocycles. The molecule has 15 heavy (non-hydrogen) atoms. The molecule has 0 aromatic carbocycles. The summed E-state index contributed by atoms with van der Waals surface area (Å²) in [6, 6.07) is 0.723. The average Bonchev–Trinajstić information content (AvgIpc) is 2.53. The van der Waals surface area contributed by atoms with E-state index in [2.05, 4.69) is 38.0 Å². The Kier molecular flexibility index (Phi) is 5.07. The zero-order chi connectivity index (χ0) is 11.3. The van der Waals surface area contributed by atoms with Gasteiger partial charge in [-0.15, -0.1) is 0 Å². The van der Waals surface area contributed by atoms with E-state index in [9.17, 15) is 0 Å². The van der Waals surface area contributed by atoms with Gasteiger partial charge >= 0.3 is 0 Å². The molecule has 1 fully saturated rings. The largest absolute Gasteiger partial charge is 0.317 e. The van der Waals surface area contributed by atoms with Gasteiger partial charge in [-0.25, -0.2) is 0 Å². The van der Waals surface area contributed by atoms with Crippen molar-refractivity contribution in [3.05, 3.63) is 0 Å². The molecule has 1 atom stereocenters. The Morgan fingerprint density at radius 1 is 1.40 bits per heavy atom. The summed E-state index contributed by atoms with van der Waals surface area (Å²) in [5.74, 6) is 0. The van der Waals surface area contributed by atoms with E-state index in [4.69, 9.17) is 0 Å². The summed E-state index contributed by atoms with van der Waals surface area (Å²) in [5, 5.41) is 3.37. The van der Waals surface area contributed by atoms with Crippen molar-refractivity contribution >= 4 is 0 Å². The van der Waals surface area contributed by atoms with Gasteiger partial charge in [-0.2, -0.15) is 0 Å². The summed E-state index contributed by atoms with van der Waals surface area (Å²) >= 11 is 0. The van der Waals surface area contributed by atoms with Crippen LogP contribution >= 0.6 is 0 Å². The lowest BCUT2D eigenvalue weighted by molar-refractivity contribution is 0.280. The SMILES string of the molecule is CCC(CCCN1CCC(C)(C)C1)NC. The van der Waals surface area contributed by atoms with Crippen LogP contribution in [0.3, 0.4) is 0 Å².